The standard InChI is InChI=1S/C14H31O4PS2Si/c1-8-16-19(15,17-9-2)13-20-11-12(21-13)10-18-22(6,7)14(3,4)5/h12-13H,8-11H2,1-7H3. The summed E-state index contributed by atoms with van der Waals surface area (Å²) >= 11 is 3.38. The average molecular weight is 387 g/mol. The van der Waals surface area contributed by atoms with Crippen molar-refractivity contribution in [2.45, 2.75) is 62.3 Å². The van der Waals surface area contributed by atoms with Gasteiger partial charge >= 0.3 is 7.60 Å². The van der Waals surface area contributed by atoms with Crippen molar-refractivity contribution in [3.8, 4) is 0 Å². The molecule has 0 N–H and O–H groups in total. The van der Waals surface area contributed by atoms with E-state index in [1.165, 1.54) is 0 Å². The van der Waals surface area contributed by atoms with Crippen LogP contribution in [0.4, 0.5) is 0 Å². The fourth-order valence-electron chi connectivity index (χ4n) is 1.72. The van der Waals surface area contributed by atoms with Crippen LogP contribution < -0.4 is 0 Å². The highest BCUT2D eigenvalue weighted by atomic mass is 32.2. The molecular weight excluding hydrogens is 355 g/mol. The van der Waals surface area contributed by atoms with Gasteiger partial charge in [0.2, 0.25) is 0 Å². The molecule has 22 heavy (non-hydrogen) atoms. The van der Waals surface area contributed by atoms with E-state index < -0.39 is 15.9 Å². The minimum absolute atomic E-state index is 0.125. The molecule has 8 heteroatoms. The highest BCUT2D eigenvalue weighted by molar-refractivity contribution is 8.26. The Morgan fingerprint density at radius 3 is 2.18 bits per heavy atom. The van der Waals surface area contributed by atoms with Crippen molar-refractivity contribution in [1.29, 1.82) is 0 Å². The van der Waals surface area contributed by atoms with Gasteiger partial charge in [0.25, 0.3) is 0 Å². The fourth-order valence-corrected chi connectivity index (χ4v) is 9.29. The minimum Gasteiger partial charge on any atom is -0.416 e. The Balaban J connectivity index is 2.57. The Hall–Kier alpha value is 1.03. The maximum absolute atomic E-state index is 12.8. The van der Waals surface area contributed by atoms with Gasteiger partial charge in [0.15, 0.2) is 12.6 Å². The van der Waals surface area contributed by atoms with E-state index in [4.69, 9.17) is 13.5 Å². The molecule has 1 aliphatic rings. The number of rotatable bonds is 8. The third-order valence-electron chi connectivity index (χ3n) is 4.05. The van der Waals surface area contributed by atoms with E-state index in [0.29, 0.717) is 18.5 Å². The molecule has 2 unspecified atom stereocenters. The minimum atomic E-state index is -3.02. The highest BCUT2D eigenvalue weighted by Gasteiger charge is 2.44. The van der Waals surface area contributed by atoms with Crippen LogP contribution in [-0.4, -0.2) is 43.5 Å². The van der Waals surface area contributed by atoms with Gasteiger partial charge in [0.1, 0.15) is 0 Å². The first-order valence-corrected chi connectivity index (χ1v) is 14.4. The first-order chi connectivity index (χ1) is 10.1. The first kappa shape index (κ1) is 21.1. The molecule has 4 nitrogen and oxygen atoms in total. The molecule has 1 rings (SSSR count). The topological polar surface area (TPSA) is 44.8 Å². The molecule has 0 bridgehead atoms. The van der Waals surface area contributed by atoms with Crippen molar-refractivity contribution < 1.29 is 18.0 Å². The maximum atomic E-state index is 12.8. The largest absolute Gasteiger partial charge is 0.416 e. The van der Waals surface area contributed by atoms with Crippen LogP contribution in [0.5, 0.6) is 0 Å². The summed E-state index contributed by atoms with van der Waals surface area (Å²) in [6.07, 6.45) is 0. The van der Waals surface area contributed by atoms with Crippen molar-refractivity contribution in [1.82, 2.24) is 0 Å². The van der Waals surface area contributed by atoms with Crippen molar-refractivity contribution >= 4 is 39.4 Å². The monoisotopic (exact) mass is 386 g/mol. The Morgan fingerprint density at radius 1 is 1.18 bits per heavy atom. The Morgan fingerprint density at radius 2 is 1.73 bits per heavy atom. The molecule has 0 amide bonds. The highest BCUT2D eigenvalue weighted by Crippen LogP contribution is 2.64. The molecule has 2 atom stereocenters. The van der Waals surface area contributed by atoms with Crippen molar-refractivity contribution in [2.24, 2.45) is 0 Å². The summed E-state index contributed by atoms with van der Waals surface area (Å²) in [4.78, 5) is 0. The van der Waals surface area contributed by atoms with Crippen molar-refractivity contribution in [3.05, 3.63) is 0 Å². The zero-order chi connectivity index (χ0) is 17.0. The maximum Gasteiger partial charge on any atom is 0.353 e. The summed E-state index contributed by atoms with van der Waals surface area (Å²) < 4.78 is 29.9. The molecule has 132 valence electrons. The fraction of sp³-hybridized carbons (Fsp3) is 1.00. The Kier molecular flexibility index (Phi) is 8.06. The van der Waals surface area contributed by atoms with Gasteiger partial charge in [-0.15, -0.1) is 23.5 Å². The molecule has 0 aromatic rings. The third kappa shape index (κ3) is 5.54. The molecule has 1 fully saturated rings. The van der Waals surface area contributed by atoms with Crippen LogP contribution >= 0.6 is 31.1 Å². The van der Waals surface area contributed by atoms with Gasteiger partial charge in [-0.2, -0.15) is 0 Å². The smallest absolute Gasteiger partial charge is 0.353 e. The molecule has 1 aliphatic heterocycles. The Labute approximate surface area is 145 Å². The van der Waals surface area contributed by atoms with Crippen LogP contribution in [0.3, 0.4) is 0 Å². The second-order valence-corrected chi connectivity index (χ2v) is 17.3. The quantitative estimate of drug-likeness (QED) is 0.411. The van der Waals surface area contributed by atoms with E-state index in [2.05, 4.69) is 33.9 Å². The van der Waals surface area contributed by atoms with Crippen LogP contribution in [0, 0.1) is 0 Å². The second kappa shape index (κ2) is 8.41. The summed E-state index contributed by atoms with van der Waals surface area (Å²) in [6.45, 7) is 16.5. The normalized spacial score (nSPS) is 24.0. The van der Waals surface area contributed by atoms with Gasteiger partial charge in [0.05, 0.1) is 13.2 Å². The number of hydrogen-bond acceptors (Lipinski definition) is 6. The van der Waals surface area contributed by atoms with Crippen LogP contribution in [0.25, 0.3) is 0 Å². The van der Waals surface area contributed by atoms with Crippen LogP contribution in [0.15, 0.2) is 0 Å². The predicted octanol–water partition coefficient (Wildman–Crippen LogP) is 5.41. The Bertz CT molecular complexity index is 391. The predicted molar refractivity (Wildman–Crippen MR) is 102 cm³/mol. The van der Waals surface area contributed by atoms with Gasteiger partial charge in [-0.05, 0) is 32.0 Å². The van der Waals surface area contributed by atoms with Crippen molar-refractivity contribution in [2.75, 3.05) is 25.6 Å². The molecular formula is C14H31O4PS2Si. The molecule has 0 radical (unpaired) electrons. The summed E-state index contributed by atoms with van der Waals surface area (Å²) in [6, 6.07) is 0. The SMILES string of the molecule is CCOP(=O)(OCC)C1SCC(CO[Si](C)(C)C(C)(C)C)S1. The van der Waals surface area contributed by atoms with Crippen LogP contribution in [-0.2, 0) is 18.0 Å². The number of thioether (sulfide) groups is 2. The lowest BCUT2D eigenvalue weighted by molar-refractivity contribution is 0.222. The molecule has 0 spiro atoms. The van der Waals surface area contributed by atoms with Gasteiger partial charge < -0.3 is 13.5 Å². The zero-order valence-corrected chi connectivity index (χ0v) is 18.4. The lowest BCUT2D eigenvalue weighted by Crippen LogP contribution is -2.42. The summed E-state index contributed by atoms with van der Waals surface area (Å²) in [5.41, 5.74) is 0. The second-order valence-electron chi connectivity index (χ2n) is 6.85. The zero-order valence-electron chi connectivity index (χ0n) is 14.9. The van der Waals surface area contributed by atoms with E-state index in [1.807, 2.05) is 13.8 Å². The molecule has 0 saturated carbocycles. The summed E-state index contributed by atoms with van der Waals surface area (Å²) in [7, 11) is -4.74. The lowest BCUT2D eigenvalue weighted by atomic mass is 10.2. The van der Waals surface area contributed by atoms with E-state index in [1.54, 1.807) is 23.5 Å². The van der Waals surface area contributed by atoms with E-state index >= 15 is 0 Å². The lowest BCUT2D eigenvalue weighted by Gasteiger charge is -2.36. The van der Waals surface area contributed by atoms with Crippen molar-refractivity contribution in [3.63, 3.8) is 0 Å². The van der Waals surface area contributed by atoms with E-state index in [0.717, 1.165) is 12.4 Å². The van der Waals surface area contributed by atoms with Gasteiger partial charge in [-0.3, -0.25) is 4.57 Å². The number of hydrogen-bond donors (Lipinski definition) is 0. The average Bonchev–Trinajstić information content (AvgIpc) is 2.85. The summed E-state index contributed by atoms with van der Waals surface area (Å²) in [5, 5.41) is 0.577. The van der Waals surface area contributed by atoms with Crippen LogP contribution in [0.2, 0.25) is 18.1 Å². The molecule has 0 aromatic heterocycles. The van der Waals surface area contributed by atoms with Gasteiger partial charge in [0, 0.05) is 17.6 Å². The van der Waals surface area contributed by atoms with Crippen LogP contribution in [0.1, 0.15) is 34.6 Å². The third-order valence-corrected chi connectivity index (χ3v) is 15.4. The molecule has 1 saturated heterocycles. The molecule has 0 aromatic carbocycles. The van der Waals surface area contributed by atoms with Gasteiger partial charge in [-0.25, -0.2) is 0 Å². The molecule has 1 heterocycles. The molecule has 0 aliphatic carbocycles. The summed E-state index contributed by atoms with van der Waals surface area (Å²) in [5.74, 6) is 0.939. The van der Waals surface area contributed by atoms with E-state index in [-0.39, 0.29) is 9.36 Å². The van der Waals surface area contributed by atoms with E-state index in [9.17, 15) is 4.57 Å². The van der Waals surface area contributed by atoms with Gasteiger partial charge in [-0.1, -0.05) is 20.8 Å². The first-order valence-electron chi connectivity index (χ1n) is 7.85.